The number of hydrogen-bond acceptors (Lipinski definition) is 3. The number of aromatic nitrogens is 1. The molecule has 1 N–H and O–H groups in total. The second-order valence-corrected chi connectivity index (χ2v) is 4.36. The van der Waals surface area contributed by atoms with Gasteiger partial charge in [0.25, 0.3) is 0 Å². The molecule has 1 aliphatic heterocycles. The van der Waals surface area contributed by atoms with Gasteiger partial charge in [-0.25, -0.2) is 0 Å². The predicted molar refractivity (Wildman–Crippen MR) is 60.2 cm³/mol. The van der Waals surface area contributed by atoms with Crippen molar-refractivity contribution in [3.63, 3.8) is 0 Å². The van der Waals surface area contributed by atoms with Gasteiger partial charge in [0.05, 0.1) is 6.20 Å². The van der Waals surface area contributed by atoms with Crippen molar-refractivity contribution in [2.45, 2.75) is 39.3 Å². The van der Waals surface area contributed by atoms with E-state index in [1.54, 1.807) is 0 Å². The lowest BCUT2D eigenvalue weighted by Crippen LogP contribution is -2.20. The molecule has 2 heterocycles. The SMILES string of the molecule is Cc1cc(O[C@H]2CN[C@@H](C)C2)cnc1C. The molecule has 2 rings (SSSR count). The number of rotatable bonds is 2. The number of nitrogens with one attached hydrogen (secondary N) is 1. The molecule has 0 unspecified atom stereocenters. The maximum atomic E-state index is 5.86. The van der Waals surface area contributed by atoms with E-state index >= 15 is 0 Å². The lowest BCUT2D eigenvalue weighted by molar-refractivity contribution is 0.219. The van der Waals surface area contributed by atoms with Gasteiger partial charge in [-0.3, -0.25) is 4.98 Å². The van der Waals surface area contributed by atoms with Crippen LogP contribution in [0.15, 0.2) is 12.3 Å². The van der Waals surface area contributed by atoms with Gasteiger partial charge in [-0.1, -0.05) is 0 Å². The van der Waals surface area contributed by atoms with Gasteiger partial charge in [-0.05, 0) is 32.4 Å². The number of ether oxygens (including phenoxy) is 1. The second-order valence-electron chi connectivity index (χ2n) is 4.36. The van der Waals surface area contributed by atoms with E-state index in [2.05, 4.69) is 30.2 Å². The first-order valence-electron chi connectivity index (χ1n) is 5.48. The van der Waals surface area contributed by atoms with Gasteiger partial charge in [-0.15, -0.1) is 0 Å². The Kier molecular flexibility index (Phi) is 2.91. The van der Waals surface area contributed by atoms with Gasteiger partial charge in [0.2, 0.25) is 0 Å². The molecule has 82 valence electrons. The third-order valence-electron chi connectivity index (χ3n) is 2.93. The third-order valence-corrected chi connectivity index (χ3v) is 2.93. The molecule has 0 aliphatic carbocycles. The van der Waals surface area contributed by atoms with E-state index in [0.29, 0.717) is 12.1 Å². The molecule has 1 aromatic heterocycles. The standard InChI is InChI=1S/C12H18N2O/c1-8-4-11(7-14-10(8)3)15-12-5-9(2)13-6-12/h4,7,9,12-13H,5-6H2,1-3H3/t9-,12+/m0/s1. The van der Waals surface area contributed by atoms with Crippen molar-refractivity contribution in [3.05, 3.63) is 23.5 Å². The lowest BCUT2D eigenvalue weighted by atomic mass is 10.2. The Bertz CT molecular complexity index is 351. The Hall–Kier alpha value is -1.09. The van der Waals surface area contributed by atoms with E-state index in [0.717, 1.165) is 24.4 Å². The van der Waals surface area contributed by atoms with Crippen LogP contribution in [0.2, 0.25) is 0 Å². The average Bonchev–Trinajstić information content (AvgIpc) is 2.58. The Labute approximate surface area is 90.9 Å². The van der Waals surface area contributed by atoms with Crippen molar-refractivity contribution >= 4 is 0 Å². The zero-order chi connectivity index (χ0) is 10.8. The van der Waals surface area contributed by atoms with E-state index < -0.39 is 0 Å². The first-order valence-corrected chi connectivity index (χ1v) is 5.48. The first-order chi connectivity index (χ1) is 7.15. The number of nitrogens with zero attached hydrogens (tertiary/aromatic N) is 1. The summed E-state index contributed by atoms with van der Waals surface area (Å²) in [5.74, 6) is 0.888. The highest BCUT2D eigenvalue weighted by molar-refractivity contribution is 5.27. The first kappa shape index (κ1) is 10.4. The quantitative estimate of drug-likeness (QED) is 0.801. The van der Waals surface area contributed by atoms with Crippen molar-refractivity contribution in [2.75, 3.05) is 6.54 Å². The van der Waals surface area contributed by atoms with Crippen LogP contribution in [-0.4, -0.2) is 23.7 Å². The summed E-state index contributed by atoms with van der Waals surface area (Å²) in [4.78, 5) is 4.29. The number of hydrogen-bond donors (Lipinski definition) is 1. The van der Waals surface area contributed by atoms with Crippen LogP contribution in [0.1, 0.15) is 24.6 Å². The molecule has 0 spiro atoms. The number of aryl methyl sites for hydroxylation is 2. The molecule has 2 atom stereocenters. The van der Waals surface area contributed by atoms with Crippen molar-refractivity contribution in [3.8, 4) is 5.75 Å². The van der Waals surface area contributed by atoms with Crippen LogP contribution in [0, 0.1) is 13.8 Å². The van der Waals surface area contributed by atoms with Crippen LogP contribution in [0.25, 0.3) is 0 Å². The van der Waals surface area contributed by atoms with E-state index in [4.69, 9.17) is 4.74 Å². The van der Waals surface area contributed by atoms with Gasteiger partial charge in [0, 0.05) is 24.7 Å². The molecular weight excluding hydrogens is 188 g/mol. The molecule has 3 nitrogen and oxygen atoms in total. The van der Waals surface area contributed by atoms with Crippen LogP contribution in [0.3, 0.4) is 0 Å². The van der Waals surface area contributed by atoms with E-state index in [9.17, 15) is 0 Å². The molecule has 1 fully saturated rings. The fourth-order valence-corrected chi connectivity index (χ4v) is 1.86. The zero-order valence-corrected chi connectivity index (χ0v) is 9.58. The predicted octanol–water partition coefficient (Wildman–Crippen LogP) is 1.83. The molecule has 0 radical (unpaired) electrons. The van der Waals surface area contributed by atoms with E-state index in [1.165, 1.54) is 5.56 Å². The summed E-state index contributed by atoms with van der Waals surface area (Å²) in [5.41, 5.74) is 2.26. The van der Waals surface area contributed by atoms with E-state index in [-0.39, 0.29) is 0 Å². The third kappa shape index (κ3) is 2.48. The monoisotopic (exact) mass is 206 g/mol. The smallest absolute Gasteiger partial charge is 0.138 e. The van der Waals surface area contributed by atoms with Gasteiger partial charge < -0.3 is 10.1 Å². The summed E-state index contributed by atoms with van der Waals surface area (Å²) < 4.78 is 5.86. The highest BCUT2D eigenvalue weighted by Crippen LogP contribution is 2.18. The Morgan fingerprint density at radius 2 is 2.27 bits per heavy atom. The van der Waals surface area contributed by atoms with Crippen LogP contribution in [0.4, 0.5) is 0 Å². The van der Waals surface area contributed by atoms with Gasteiger partial charge in [0.15, 0.2) is 0 Å². The summed E-state index contributed by atoms with van der Waals surface area (Å²) >= 11 is 0. The summed E-state index contributed by atoms with van der Waals surface area (Å²) in [6.45, 7) is 7.19. The lowest BCUT2D eigenvalue weighted by Gasteiger charge is -2.13. The van der Waals surface area contributed by atoms with Crippen molar-refractivity contribution in [1.82, 2.24) is 10.3 Å². The van der Waals surface area contributed by atoms with Crippen LogP contribution in [-0.2, 0) is 0 Å². The zero-order valence-electron chi connectivity index (χ0n) is 9.58. The molecular formula is C12H18N2O. The van der Waals surface area contributed by atoms with Gasteiger partial charge >= 0.3 is 0 Å². The minimum absolute atomic E-state index is 0.295. The molecule has 1 aromatic rings. The Balaban J connectivity index is 2.02. The molecule has 0 saturated carbocycles. The second kappa shape index (κ2) is 4.19. The fraction of sp³-hybridized carbons (Fsp3) is 0.583. The molecule has 15 heavy (non-hydrogen) atoms. The maximum absolute atomic E-state index is 5.86. The highest BCUT2D eigenvalue weighted by atomic mass is 16.5. The minimum Gasteiger partial charge on any atom is -0.487 e. The molecule has 0 aromatic carbocycles. The Morgan fingerprint density at radius 1 is 1.47 bits per heavy atom. The maximum Gasteiger partial charge on any atom is 0.138 e. The molecule has 0 bridgehead atoms. The van der Waals surface area contributed by atoms with Crippen molar-refractivity contribution in [2.24, 2.45) is 0 Å². The van der Waals surface area contributed by atoms with Crippen LogP contribution >= 0.6 is 0 Å². The topological polar surface area (TPSA) is 34.1 Å². The summed E-state index contributed by atoms with van der Waals surface area (Å²) in [6, 6.07) is 2.63. The highest BCUT2D eigenvalue weighted by Gasteiger charge is 2.22. The Morgan fingerprint density at radius 3 is 2.87 bits per heavy atom. The molecule has 0 amide bonds. The van der Waals surface area contributed by atoms with Crippen LogP contribution < -0.4 is 10.1 Å². The van der Waals surface area contributed by atoms with Gasteiger partial charge in [0.1, 0.15) is 11.9 Å². The van der Waals surface area contributed by atoms with Crippen molar-refractivity contribution in [1.29, 1.82) is 0 Å². The molecule has 1 saturated heterocycles. The fourth-order valence-electron chi connectivity index (χ4n) is 1.86. The number of pyridine rings is 1. The average molecular weight is 206 g/mol. The molecule has 1 aliphatic rings. The van der Waals surface area contributed by atoms with Gasteiger partial charge in [-0.2, -0.15) is 0 Å². The van der Waals surface area contributed by atoms with Crippen molar-refractivity contribution < 1.29 is 4.74 Å². The molecule has 3 heteroatoms. The largest absolute Gasteiger partial charge is 0.487 e. The summed E-state index contributed by atoms with van der Waals surface area (Å²) in [5, 5.41) is 3.37. The normalized spacial score (nSPS) is 25.5. The van der Waals surface area contributed by atoms with E-state index in [1.807, 2.05) is 13.1 Å². The summed E-state index contributed by atoms with van der Waals surface area (Å²) in [6.07, 6.45) is 3.18. The van der Waals surface area contributed by atoms with Crippen LogP contribution in [0.5, 0.6) is 5.75 Å². The summed E-state index contributed by atoms with van der Waals surface area (Å²) in [7, 11) is 0. The minimum atomic E-state index is 0.295.